The lowest BCUT2D eigenvalue weighted by Crippen LogP contribution is -2.51. The van der Waals surface area contributed by atoms with Gasteiger partial charge in [0.1, 0.15) is 17.1 Å². The Balaban J connectivity index is 1.53. The Kier molecular flexibility index (Phi) is 5.36. The molecule has 0 saturated carbocycles. The quantitative estimate of drug-likeness (QED) is 0.424. The number of phenols is 1. The third-order valence-electron chi connectivity index (χ3n) is 6.76. The van der Waals surface area contributed by atoms with E-state index in [-0.39, 0.29) is 22.8 Å². The van der Waals surface area contributed by atoms with E-state index in [1.165, 1.54) is 6.07 Å². The molecule has 35 heavy (non-hydrogen) atoms. The largest absolute Gasteiger partial charge is 0.508 e. The van der Waals surface area contributed by atoms with Gasteiger partial charge in [0.25, 0.3) is 6.43 Å². The highest BCUT2D eigenvalue weighted by Gasteiger charge is 2.34. The number of rotatable bonds is 5. The van der Waals surface area contributed by atoms with Gasteiger partial charge in [0.05, 0.1) is 0 Å². The third kappa shape index (κ3) is 3.99. The van der Waals surface area contributed by atoms with Crippen molar-refractivity contribution in [3.63, 3.8) is 0 Å². The number of phenolic OH excluding ortho intramolecular Hbond substituents is 1. The third-order valence-corrected chi connectivity index (χ3v) is 6.76. The summed E-state index contributed by atoms with van der Waals surface area (Å²) in [6.07, 6.45) is -0.619. The van der Waals surface area contributed by atoms with Crippen LogP contribution in [0, 0.1) is 5.82 Å². The SMILES string of the molecule is Oc1cc(-c2ccc3c(N4C[C@H]5CC[C@@H](C4)N5)nc(OCC(F)F)nc3c2F)c2ccccc2c1. The van der Waals surface area contributed by atoms with Crippen molar-refractivity contribution in [2.75, 3.05) is 24.6 Å². The smallest absolute Gasteiger partial charge is 0.319 e. The molecular weight excluding hydrogens is 457 g/mol. The number of hydrogen-bond donors (Lipinski definition) is 2. The molecule has 6 rings (SSSR count). The van der Waals surface area contributed by atoms with Crippen molar-refractivity contribution in [2.24, 2.45) is 0 Å². The maximum absolute atomic E-state index is 16.1. The summed E-state index contributed by atoms with van der Waals surface area (Å²) < 4.78 is 47.0. The summed E-state index contributed by atoms with van der Waals surface area (Å²) >= 11 is 0. The van der Waals surface area contributed by atoms with Crippen LogP contribution in [0.1, 0.15) is 12.8 Å². The van der Waals surface area contributed by atoms with Crippen molar-refractivity contribution >= 4 is 27.5 Å². The first-order chi connectivity index (χ1) is 17.0. The molecule has 4 aromatic rings. The van der Waals surface area contributed by atoms with Crippen LogP contribution >= 0.6 is 0 Å². The highest BCUT2D eigenvalue weighted by atomic mass is 19.3. The van der Waals surface area contributed by atoms with E-state index in [9.17, 15) is 13.9 Å². The van der Waals surface area contributed by atoms with E-state index in [0.717, 1.165) is 23.6 Å². The summed E-state index contributed by atoms with van der Waals surface area (Å²) in [4.78, 5) is 10.7. The monoisotopic (exact) mass is 480 g/mol. The van der Waals surface area contributed by atoms with Crippen molar-refractivity contribution in [3.8, 4) is 22.9 Å². The zero-order valence-electron chi connectivity index (χ0n) is 18.7. The molecule has 0 radical (unpaired) electrons. The molecule has 2 aliphatic heterocycles. The predicted molar refractivity (Wildman–Crippen MR) is 128 cm³/mol. The number of hydrogen-bond acceptors (Lipinski definition) is 6. The first-order valence-electron chi connectivity index (χ1n) is 11.6. The molecule has 2 bridgehead atoms. The fourth-order valence-corrected chi connectivity index (χ4v) is 5.26. The number of aromatic hydroxyl groups is 1. The number of piperazine rings is 1. The van der Waals surface area contributed by atoms with E-state index >= 15 is 4.39 Å². The first-order valence-corrected chi connectivity index (χ1v) is 11.6. The van der Waals surface area contributed by atoms with Crippen LogP contribution in [0.5, 0.6) is 11.8 Å². The average Bonchev–Trinajstić information content (AvgIpc) is 3.19. The van der Waals surface area contributed by atoms with Gasteiger partial charge in [0.15, 0.2) is 12.4 Å². The van der Waals surface area contributed by atoms with Crippen LogP contribution in [-0.4, -0.2) is 53.3 Å². The number of alkyl halides is 2. The van der Waals surface area contributed by atoms with Gasteiger partial charge in [-0.1, -0.05) is 30.3 Å². The number of halogens is 3. The molecular formula is C26H23F3N4O2. The van der Waals surface area contributed by atoms with Gasteiger partial charge < -0.3 is 20.1 Å². The van der Waals surface area contributed by atoms with Crippen molar-refractivity contribution in [1.82, 2.24) is 15.3 Å². The topological polar surface area (TPSA) is 70.5 Å². The number of benzene rings is 3. The molecule has 1 aromatic heterocycles. The van der Waals surface area contributed by atoms with E-state index in [2.05, 4.69) is 20.2 Å². The summed E-state index contributed by atoms with van der Waals surface area (Å²) in [7, 11) is 0. The van der Waals surface area contributed by atoms with Gasteiger partial charge in [-0.15, -0.1) is 0 Å². The zero-order chi connectivity index (χ0) is 24.1. The lowest BCUT2D eigenvalue weighted by Gasteiger charge is -2.34. The van der Waals surface area contributed by atoms with Crippen molar-refractivity contribution in [1.29, 1.82) is 0 Å². The highest BCUT2D eigenvalue weighted by Crippen LogP contribution is 2.38. The maximum Gasteiger partial charge on any atom is 0.319 e. The van der Waals surface area contributed by atoms with Gasteiger partial charge >= 0.3 is 6.01 Å². The summed E-state index contributed by atoms with van der Waals surface area (Å²) in [5.41, 5.74) is 0.750. The number of aromatic nitrogens is 2. The van der Waals surface area contributed by atoms with Gasteiger partial charge in [0.2, 0.25) is 0 Å². The van der Waals surface area contributed by atoms with E-state index in [1.807, 2.05) is 24.3 Å². The number of anilines is 1. The second kappa shape index (κ2) is 8.57. The molecule has 0 aliphatic carbocycles. The van der Waals surface area contributed by atoms with Crippen molar-refractivity contribution < 1.29 is 23.0 Å². The minimum atomic E-state index is -2.71. The zero-order valence-corrected chi connectivity index (χ0v) is 18.7. The van der Waals surface area contributed by atoms with Crippen LogP contribution in [-0.2, 0) is 0 Å². The van der Waals surface area contributed by atoms with Crippen LogP contribution in [0.15, 0.2) is 48.5 Å². The van der Waals surface area contributed by atoms with E-state index in [4.69, 9.17) is 4.74 Å². The van der Waals surface area contributed by atoms with Crippen LogP contribution in [0.25, 0.3) is 32.8 Å². The standard InChI is InChI=1S/C26H23F3N4O2/c27-22(28)13-35-26-31-24-20(25(32-26)33-11-15-5-6-16(12-33)30-15)8-7-19(23(24)29)21-10-17(34)9-14-3-1-2-4-18(14)21/h1-4,7-10,15-16,22,30,34H,5-6,11-13H2/t15-,16+. The molecule has 6 nitrogen and oxygen atoms in total. The van der Waals surface area contributed by atoms with Gasteiger partial charge in [-0.2, -0.15) is 9.97 Å². The Hall–Kier alpha value is -3.59. The van der Waals surface area contributed by atoms with E-state index < -0.39 is 18.8 Å². The van der Waals surface area contributed by atoms with Crippen LogP contribution < -0.4 is 15.0 Å². The molecule has 0 spiro atoms. The van der Waals surface area contributed by atoms with Crippen molar-refractivity contribution in [2.45, 2.75) is 31.4 Å². The Bertz CT molecular complexity index is 1420. The highest BCUT2D eigenvalue weighted by molar-refractivity contribution is 6.01. The molecule has 2 fully saturated rings. The number of ether oxygens (including phenoxy) is 1. The van der Waals surface area contributed by atoms with Crippen LogP contribution in [0.4, 0.5) is 19.0 Å². The Labute approximate surface area is 199 Å². The normalized spacial score (nSPS) is 19.7. The average molecular weight is 480 g/mol. The Morgan fingerprint density at radius 3 is 2.54 bits per heavy atom. The lowest BCUT2D eigenvalue weighted by atomic mass is 9.96. The van der Waals surface area contributed by atoms with Gasteiger partial charge in [0, 0.05) is 36.1 Å². The summed E-state index contributed by atoms with van der Waals surface area (Å²) in [5.74, 6) is -0.135. The minimum Gasteiger partial charge on any atom is -0.508 e. The molecule has 0 amide bonds. The Morgan fingerprint density at radius 1 is 1.00 bits per heavy atom. The molecule has 180 valence electrons. The molecule has 3 aromatic carbocycles. The second-order valence-electron chi connectivity index (χ2n) is 9.11. The minimum absolute atomic E-state index is 0.00456. The Morgan fingerprint density at radius 2 is 1.77 bits per heavy atom. The lowest BCUT2D eigenvalue weighted by molar-refractivity contribution is 0.0772. The molecule has 2 aliphatic rings. The van der Waals surface area contributed by atoms with Gasteiger partial charge in [-0.05, 0) is 47.4 Å². The predicted octanol–water partition coefficient (Wildman–Crippen LogP) is 4.88. The van der Waals surface area contributed by atoms with Crippen molar-refractivity contribution in [3.05, 3.63) is 54.3 Å². The first kappa shape index (κ1) is 21.9. The van der Waals surface area contributed by atoms with Crippen LogP contribution in [0.2, 0.25) is 0 Å². The molecule has 2 saturated heterocycles. The van der Waals surface area contributed by atoms with E-state index in [0.29, 0.717) is 41.9 Å². The molecule has 0 unspecified atom stereocenters. The number of nitrogens with one attached hydrogen (secondary N) is 1. The van der Waals surface area contributed by atoms with E-state index in [1.54, 1.807) is 18.2 Å². The number of fused-ring (bicyclic) bond motifs is 4. The van der Waals surface area contributed by atoms with Gasteiger partial charge in [-0.25, -0.2) is 13.2 Å². The molecule has 9 heteroatoms. The van der Waals surface area contributed by atoms with Crippen LogP contribution in [0.3, 0.4) is 0 Å². The fourth-order valence-electron chi connectivity index (χ4n) is 5.26. The molecule has 2 N–H and O–H groups in total. The summed E-state index contributed by atoms with van der Waals surface area (Å²) in [6, 6.07) is 14.2. The fraction of sp³-hybridized carbons (Fsp3) is 0.308. The summed E-state index contributed by atoms with van der Waals surface area (Å²) in [5, 5.41) is 15.8. The van der Waals surface area contributed by atoms with Gasteiger partial charge in [-0.3, -0.25) is 0 Å². The molecule has 3 heterocycles. The summed E-state index contributed by atoms with van der Waals surface area (Å²) in [6.45, 7) is 0.477. The maximum atomic E-state index is 16.1. The number of nitrogens with zero attached hydrogens (tertiary/aromatic N) is 3. The second-order valence-corrected chi connectivity index (χ2v) is 9.11. The molecule has 2 atom stereocenters.